The molecule has 7 nitrogen and oxygen atoms in total. The monoisotopic (exact) mass is 414 g/mol. The minimum absolute atomic E-state index is 0.162. The van der Waals surface area contributed by atoms with Gasteiger partial charge in [0.15, 0.2) is 11.5 Å². The van der Waals surface area contributed by atoms with E-state index in [9.17, 15) is 4.79 Å². The number of hydrogen-bond donors (Lipinski definition) is 1. The van der Waals surface area contributed by atoms with Gasteiger partial charge in [-0.3, -0.25) is 4.90 Å². The number of carbonyl (C=O) groups excluding carboxylic acids is 1. The second kappa shape index (κ2) is 9.53. The second-order valence-corrected chi connectivity index (χ2v) is 8.02. The molecule has 0 radical (unpaired) electrons. The molecule has 2 aliphatic rings. The number of ether oxygens (including phenoxy) is 3. The van der Waals surface area contributed by atoms with E-state index < -0.39 is 5.97 Å². The van der Waals surface area contributed by atoms with Crippen molar-refractivity contribution in [2.24, 2.45) is 5.92 Å². The van der Waals surface area contributed by atoms with Gasteiger partial charge in [-0.25, -0.2) is 4.79 Å². The molecule has 2 aromatic rings. The van der Waals surface area contributed by atoms with E-state index in [4.69, 9.17) is 13.9 Å². The maximum absolute atomic E-state index is 11.5. The Morgan fingerprint density at radius 1 is 1.20 bits per heavy atom. The van der Waals surface area contributed by atoms with Crippen molar-refractivity contribution < 1.29 is 23.4 Å². The Hall–Kier alpha value is -2.51. The number of hydrogen-bond acceptors (Lipinski definition) is 7. The van der Waals surface area contributed by atoms with E-state index in [1.165, 1.54) is 38.5 Å². The van der Waals surface area contributed by atoms with E-state index in [0.29, 0.717) is 23.3 Å². The van der Waals surface area contributed by atoms with Gasteiger partial charge in [-0.15, -0.1) is 0 Å². The number of nitrogens with zero attached hydrogens (tertiary/aromatic N) is 1. The predicted octanol–water partition coefficient (Wildman–Crippen LogP) is 3.23. The first kappa shape index (κ1) is 20.8. The van der Waals surface area contributed by atoms with Crippen molar-refractivity contribution in [2.45, 2.75) is 38.5 Å². The third-order valence-electron chi connectivity index (χ3n) is 6.03. The van der Waals surface area contributed by atoms with E-state index >= 15 is 0 Å². The van der Waals surface area contributed by atoms with Crippen LogP contribution in [-0.2, 0) is 17.9 Å². The molecule has 0 saturated carbocycles. The number of furan rings is 1. The average molecular weight is 415 g/mol. The van der Waals surface area contributed by atoms with Crippen LogP contribution in [0.25, 0.3) is 0 Å². The van der Waals surface area contributed by atoms with Crippen LogP contribution in [0.2, 0.25) is 0 Å². The van der Waals surface area contributed by atoms with Crippen molar-refractivity contribution in [1.82, 2.24) is 10.2 Å². The molecule has 0 unspecified atom stereocenters. The van der Waals surface area contributed by atoms with Crippen LogP contribution in [0.15, 0.2) is 34.7 Å². The van der Waals surface area contributed by atoms with E-state index in [-0.39, 0.29) is 12.4 Å². The van der Waals surface area contributed by atoms with Gasteiger partial charge in [0.2, 0.25) is 5.76 Å². The van der Waals surface area contributed by atoms with E-state index in [1.807, 2.05) is 12.1 Å². The van der Waals surface area contributed by atoms with Crippen molar-refractivity contribution in [3.63, 3.8) is 0 Å². The molecule has 2 saturated heterocycles. The lowest BCUT2D eigenvalue weighted by molar-refractivity contribution is 0.0561. The average Bonchev–Trinajstić information content (AvgIpc) is 3.26. The predicted molar refractivity (Wildman–Crippen MR) is 112 cm³/mol. The van der Waals surface area contributed by atoms with Gasteiger partial charge in [0.05, 0.1) is 14.2 Å². The summed E-state index contributed by atoms with van der Waals surface area (Å²) in [5, 5.41) is 3.67. The highest BCUT2D eigenvalue weighted by Gasteiger charge is 2.30. The zero-order valence-electron chi connectivity index (χ0n) is 17.7. The third-order valence-corrected chi connectivity index (χ3v) is 6.03. The summed E-state index contributed by atoms with van der Waals surface area (Å²) in [6, 6.07) is 10.1. The Labute approximate surface area is 177 Å². The zero-order chi connectivity index (χ0) is 20.9. The molecule has 2 fully saturated rings. The molecule has 0 bridgehead atoms. The topological polar surface area (TPSA) is 73.2 Å². The first-order valence-electron chi connectivity index (χ1n) is 10.6. The maximum Gasteiger partial charge on any atom is 0.373 e. The number of esters is 1. The molecule has 2 aliphatic heterocycles. The third kappa shape index (κ3) is 4.79. The molecule has 3 heterocycles. The van der Waals surface area contributed by atoms with Gasteiger partial charge in [0.25, 0.3) is 0 Å². The number of rotatable bonds is 7. The Kier molecular flexibility index (Phi) is 6.59. The summed E-state index contributed by atoms with van der Waals surface area (Å²) in [5.74, 6) is 2.31. The quantitative estimate of drug-likeness (QED) is 0.698. The minimum Gasteiger partial charge on any atom is -0.493 e. The number of piperidine rings is 2. The van der Waals surface area contributed by atoms with Crippen LogP contribution in [0.1, 0.15) is 41.1 Å². The van der Waals surface area contributed by atoms with Crippen LogP contribution in [0.4, 0.5) is 0 Å². The van der Waals surface area contributed by atoms with Gasteiger partial charge >= 0.3 is 5.97 Å². The SMILES string of the molecule is COC(=O)c1ccc(COc2ccc(CN3CC[C@@H]4NCCC[C@@H]4C3)cc2OC)o1. The molecule has 2 atom stereocenters. The van der Waals surface area contributed by atoms with E-state index in [0.717, 1.165) is 25.6 Å². The highest BCUT2D eigenvalue weighted by atomic mass is 16.5. The molecule has 4 rings (SSSR count). The maximum atomic E-state index is 11.5. The summed E-state index contributed by atoms with van der Waals surface area (Å²) < 4.78 is 21.5. The van der Waals surface area contributed by atoms with Gasteiger partial charge in [-0.2, -0.15) is 0 Å². The van der Waals surface area contributed by atoms with Gasteiger partial charge in [-0.05, 0) is 68.1 Å². The summed E-state index contributed by atoms with van der Waals surface area (Å²) in [5.41, 5.74) is 1.22. The zero-order valence-corrected chi connectivity index (χ0v) is 17.7. The molecule has 7 heteroatoms. The molecule has 1 N–H and O–H groups in total. The van der Waals surface area contributed by atoms with E-state index in [1.54, 1.807) is 19.2 Å². The summed E-state index contributed by atoms with van der Waals surface area (Å²) >= 11 is 0. The molecule has 1 aromatic carbocycles. The van der Waals surface area contributed by atoms with Crippen LogP contribution in [0.5, 0.6) is 11.5 Å². The number of methoxy groups -OCH3 is 2. The second-order valence-electron chi connectivity index (χ2n) is 8.02. The fourth-order valence-electron chi connectivity index (χ4n) is 4.47. The summed E-state index contributed by atoms with van der Waals surface area (Å²) in [6.07, 6.45) is 3.83. The highest BCUT2D eigenvalue weighted by molar-refractivity contribution is 5.86. The van der Waals surface area contributed by atoms with Crippen molar-refractivity contribution in [2.75, 3.05) is 33.9 Å². The Morgan fingerprint density at radius 3 is 2.93 bits per heavy atom. The van der Waals surface area contributed by atoms with E-state index in [2.05, 4.69) is 21.0 Å². The van der Waals surface area contributed by atoms with Crippen LogP contribution in [0, 0.1) is 5.92 Å². The highest BCUT2D eigenvalue weighted by Crippen LogP contribution is 2.31. The van der Waals surface area contributed by atoms with Crippen molar-refractivity contribution >= 4 is 5.97 Å². The first-order chi connectivity index (χ1) is 14.7. The normalized spacial score (nSPS) is 21.7. The molecular formula is C23H30N2O5. The molecule has 162 valence electrons. The van der Waals surface area contributed by atoms with Gasteiger partial charge in [-0.1, -0.05) is 6.07 Å². The first-order valence-corrected chi connectivity index (χ1v) is 10.6. The molecule has 30 heavy (non-hydrogen) atoms. The van der Waals surface area contributed by atoms with Crippen molar-refractivity contribution in [3.8, 4) is 11.5 Å². The van der Waals surface area contributed by atoms with Gasteiger partial charge < -0.3 is 23.9 Å². The van der Waals surface area contributed by atoms with Crippen molar-refractivity contribution in [3.05, 3.63) is 47.4 Å². The van der Waals surface area contributed by atoms with Crippen LogP contribution >= 0.6 is 0 Å². The lowest BCUT2D eigenvalue weighted by atomic mass is 9.85. The number of carbonyl (C=O) groups is 1. The van der Waals surface area contributed by atoms with Gasteiger partial charge in [0, 0.05) is 19.1 Å². The fourth-order valence-corrected chi connectivity index (χ4v) is 4.47. The number of benzene rings is 1. The van der Waals surface area contributed by atoms with Crippen LogP contribution < -0.4 is 14.8 Å². The molecular weight excluding hydrogens is 384 g/mol. The summed E-state index contributed by atoms with van der Waals surface area (Å²) in [6.45, 7) is 4.56. The van der Waals surface area contributed by atoms with Crippen LogP contribution in [0.3, 0.4) is 0 Å². The molecule has 0 spiro atoms. The Balaban J connectivity index is 1.35. The van der Waals surface area contributed by atoms with Gasteiger partial charge in [0.1, 0.15) is 12.4 Å². The number of likely N-dealkylation sites (tertiary alicyclic amines) is 1. The lowest BCUT2D eigenvalue weighted by Crippen LogP contribution is -2.51. The smallest absolute Gasteiger partial charge is 0.373 e. The largest absolute Gasteiger partial charge is 0.493 e. The Bertz CT molecular complexity index is 865. The molecule has 0 aliphatic carbocycles. The standard InChI is InChI=1S/C23H30N2O5/c1-27-22-12-16(13-25-11-9-19-17(14-25)4-3-10-24-19)5-7-20(22)29-15-18-6-8-21(30-18)23(26)28-2/h5-8,12,17,19,24H,3-4,9-11,13-15H2,1-2H3/t17-,19+/m1/s1. The van der Waals surface area contributed by atoms with Crippen LogP contribution in [-0.4, -0.2) is 50.8 Å². The number of fused-ring (bicyclic) bond motifs is 1. The van der Waals surface area contributed by atoms with Crippen molar-refractivity contribution in [1.29, 1.82) is 0 Å². The Morgan fingerprint density at radius 2 is 2.10 bits per heavy atom. The number of nitrogens with one attached hydrogen (secondary N) is 1. The minimum atomic E-state index is -0.503. The molecule has 1 aromatic heterocycles. The summed E-state index contributed by atoms with van der Waals surface area (Å²) in [4.78, 5) is 14.0. The summed E-state index contributed by atoms with van der Waals surface area (Å²) in [7, 11) is 2.97. The fraction of sp³-hybridized carbons (Fsp3) is 0.522. The lowest BCUT2D eigenvalue weighted by Gasteiger charge is -2.41. The molecule has 0 amide bonds.